The van der Waals surface area contributed by atoms with E-state index in [0.717, 1.165) is 53.7 Å². The quantitative estimate of drug-likeness (QED) is 0.133. The van der Waals surface area contributed by atoms with E-state index in [4.69, 9.17) is 16.6 Å². The highest BCUT2D eigenvalue weighted by atomic mass is 32.1. The first-order valence-electron chi connectivity index (χ1n) is 12.2. The lowest BCUT2D eigenvalue weighted by molar-refractivity contribution is 0.0697. The maximum atomic E-state index is 12.3. The Labute approximate surface area is 216 Å². The molecule has 0 fully saturated rings. The summed E-state index contributed by atoms with van der Waals surface area (Å²) in [5.41, 5.74) is 4.39. The second-order valence-corrected chi connectivity index (χ2v) is 8.57. The minimum atomic E-state index is -1.03. The van der Waals surface area contributed by atoms with Crippen molar-refractivity contribution in [2.24, 2.45) is 4.99 Å². The lowest BCUT2D eigenvalue weighted by Crippen LogP contribution is -2.29. The standard InChI is InChI=1S/C29H29N3O3S/c1-5-31(6-2)19-12-14-21-25(16-19)35-26-17-20(32(7-3)8-4)13-15-22(26)27(21)28-23(29(33)34)10-9-11-24(28)30-18-36/h9-17H,5-8H2,1-4H3/p+1. The molecule has 1 aliphatic carbocycles. The molecule has 0 saturated carbocycles. The van der Waals surface area contributed by atoms with Gasteiger partial charge in [0.2, 0.25) is 5.36 Å². The maximum Gasteiger partial charge on any atom is 0.336 e. The fraction of sp³-hybridized carbons (Fsp3) is 0.276. The summed E-state index contributed by atoms with van der Waals surface area (Å²) in [7, 11) is 0. The molecule has 6 nitrogen and oxygen atoms in total. The Balaban J connectivity index is 2.21. The second kappa shape index (κ2) is 10.9. The third kappa shape index (κ3) is 4.55. The van der Waals surface area contributed by atoms with Crippen molar-refractivity contribution in [1.29, 1.82) is 0 Å². The summed E-state index contributed by atoms with van der Waals surface area (Å²) in [4.78, 5) is 18.8. The topological polar surface area (TPSA) is 69.1 Å². The summed E-state index contributed by atoms with van der Waals surface area (Å²) in [6.45, 7) is 11.9. The number of carboxylic acid groups (broad SMARTS) is 1. The van der Waals surface area contributed by atoms with Crippen LogP contribution in [0.5, 0.6) is 0 Å². The van der Waals surface area contributed by atoms with Gasteiger partial charge < -0.3 is 14.4 Å². The van der Waals surface area contributed by atoms with Gasteiger partial charge in [-0.05, 0) is 70.2 Å². The first kappa shape index (κ1) is 25.3. The van der Waals surface area contributed by atoms with Crippen LogP contribution in [0.25, 0.3) is 33.4 Å². The molecule has 0 spiro atoms. The van der Waals surface area contributed by atoms with Crippen molar-refractivity contribution >= 4 is 45.7 Å². The monoisotopic (exact) mass is 500 g/mol. The Morgan fingerprint density at radius 1 is 1.03 bits per heavy atom. The number of rotatable bonds is 8. The fourth-order valence-electron chi connectivity index (χ4n) is 4.83. The summed E-state index contributed by atoms with van der Waals surface area (Å²) in [6.07, 6.45) is 0. The number of hydrogen-bond acceptors (Lipinski definition) is 5. The van der Waals surface area contributed by atoms with E-state index in [1.54, 1.807) is 18.2 Å². The van der Waals surface area contributed by atoms with E-state index in [1.807, 2.05) is 24.3 Å². The Hall–Kier alpha value is -3.80. The number of carboxylic acids is 1. The molecule has 0 aromatic heterocycles. The van der Waals surface area contributed by atoms with Gasteiger partial charge in [-0.1, -0.05) is 6.07 Å². The summed E-state index contributed by atoms with van der Waals surface area (Å²) in [5, 5.41) is 14.4. The average Bonchev–Trinajstić information content (AvgIpc) is 2.89. The number of carbonyl (C=O) groups is 1. The summed E-state index contributed by atoms with van der Waals surface area (Å²) in [6, 6.07) is 17.2. The molecule has 0 amide bonds. The number of nitrogens with zero attached hydrogens (tertiary/aromatic N) is 3. The molecule has 2 aliphatic rings. The number of thiocarbonyl (C=S) groups is 1. The van der Waals surface area contributed by atoms with Crippen molar-refractivity contribution < 1.29 is 14.3 Å². The predicted octanol–water partition coefficient (Wildman–Crippen LogP) is 6.30. The summed E-state index contributed by atoms with van der Waals surface area (Å²) in [5.74, 6) is -0.357. The van der Waals surface area contributed by atoms with Crippen LogP contribution < -0.4 is 14.8 Å². The van der Waals surface area contributed by atoms with Crippen LogP contribution in [-0.2, 0) is 0 Å². The van der Waals surface area contributed by atoms with Crippen molar-refractivity contribution in [3.05, 3.63) is 65.5 Å². The highest BCUT2D eigenvalue weighted by Gasteiger charge is 2.25. The zero-order valence-electron chi connectivity index (χ0n) is 21.0. The van der Waals surface area contributed by atoms with Crippen LogP contribution in [0.15, 0.2) is 64.0 Å². The lowest BCUT2D eigenvalue weighted by atomic mass is 9.89. The number of aromatic carboxylic acids is 1. The van der Waals surface area contributed by atoms with Crippen LogP contribution in [-0.4, -0.2) is 42.4 Å². The molecule has 0 radical (unpaired) electrons. The predicted molar refractivity (Wildman–Crippen MR) is 150 cm³/mol. The number of fused-ring (bicyclic) bond motifs is 2. The third-order valence-corrected chi connectivity index (χ3v) is 6.73. The first-order chi connectivity index (χ1) is 17.5. The Morgan fingerprint density at radius 2 is 1.78 bits per heavy atom. The maximum absolute atomic E-state index is 12.3. The average molecular weight is 501 g/mol. The number of benzene rings is 3. The minimum Gasteiger partial charge on any atom is -0.478 e. The van der Waals surface area contributed by atoms with Gasteiger partial charge in [0.1, 0.15) is 24.4 Å². The molecule has 0 unspecified atom stereocenters. The van der Waals surface area contributed by atoms with Crippen LogP contribution in [0.1, 0.15) is 38.1 Å². The molecule has 184 valence electrons. The first-order valence-corrected chi connectivity index (χ1v) is 12.7. The van der Waals surface area contributed by atoms with Crippen molar-refractivity contribution in [3.8, 4) is 22.5 Å². The van der Waals surface area contributed by atoms with Crippen LogP contribution in [0, 0.1) is 0 Å². The van der Waals surface area contributed by atoms with E-state index in [1.165, 1.54) is 0 Å². The molecule has 2 aromatic carbocycles. The van der Waals surface area contributed by atoms with E-state index >= 15 is 0 Å². The molecule has 1 aliphatic heterocycles. The lowest BCUT2D eigenvalue weighted by Gasteiger charge is -2.23. The zero-order chi connectivity index (χ0) is 25.8. The van der Waals surface area contributed by atoms with Crippen LogP contribution in [0.4, 0.5) is 11.4 Å². The minimum absolute atomic E-state index is 0.149. The molecule has 7 heteroatoms. The number of isothiocyanates is 1. The number of hydrogen-bond donors (Lipinski definition) is 1. The third-order valence-electron chi connectivity index (χ3n) is 6.64. The molecular weight excluding hydrogens is 470 g/mol. The van der Waals surface area contributed by atoms with Gasteiger partial charge in [0.25, 0.3) is 0 Å². The Bertz CT molecular complexity index is 1500. The van der Waals surface area contributed by atoms with E-state index in [9.17, 15) is 9.90 Å². The van der Waals surface area contributed by atoms with Gasteiger partial charge in [-0.3, -0.25) is 0 Å². The molecule has 0 bridgehead atoms. The van der Waals surface area contributed by atoms with Crippen molar-refractivity contribution in [3.63, 3.8) is 0 Å². The van der Waals surface area contributed by atoms with E-state index in [2.05, 4.69) is 59.5 Å². The highest BCUT2D eigenvalue weighted by molar-refractivity contribution is 7.78. The van der Waals surface area contributed by atoms with Gasteiger partial charge in [0.15, 0.2) is 0 Å². The molecule has 1 N–H and O–H groups in total. The largest absolute Gasteiger partial charge is 0.478 e. The Kier molecular flexibility index (Phi) is 7.63. The highest BCUT2D eigenvalue weighted by Crippen LogP contribution is 2.45. The summed E-state index contributed by atoms with van der Waals surface area (Å²) < 4.78 is 8.75. The number of aliphatic imine (C=N–C) groups is 1. The van der Waals surface area contributed by atoms with Gasteiger partial charge in [-0.2, -0.15) is 4.99 Å². The van der Waals surface area contributed by atoms with E-state index in [0.29, 0.717) is 22.6 Å². The van der Waals surface area contributed by atoms with E-state index in [-0.39, 0.29) is 5.56 Å². The van der Waals surface area contributed by atoms with Crippen molar-refractivity contribution in [2.45, 2.75) is 27.7 Å². The molecule has 2 aromatic rings. The SMILES string of the molecule is CCN(CC)c1ccc2c(-c3c(N=C=S)cccc3C(=O)O)c3ccc(=[N+](CC)CC)cc-3oc2c1. The molecule has 0 saturated heterocycles. The Morgan fingerprint density at radius 3 is 2.42 bits per heavy atom. The van der Waals surface area contributed by atoms with Crippen LogP contribution in [0.3, 0.4) is 0 Å². The molecule has 36 heavy (non-hydrogen) atoms. The van der Waals surface area contributed by atoms with Gasteiger partial charge in [0.05, 0.1) is 22.5 Å². The second-order valence-electron chi connectivity index (χ2n) is 8.39. The van der Waals surface area contributed by atoms with Gasteiger partial charge in [-0.25, -0.2) is 9.37 Å². The normalized spacial score (nSPS) is 10.9. The van der Waals surface area contributed by atoms with E-state index < -0.39 is 5.97 Å². The summed E-state index contributed by atoms with van der Waals surface area (Å²) >= 11 is 4.90. The van der Waals surface area contributed by atoms with Crippen molar-refractivity contribution in [1.82, 2.24) is 4.58 Å². The molecule has 1 heterocycles. The number of anilines is 1. The van der Waals surface area contributed by atoms with Crippen LogP contribution >= 0.6 is 12.2 Å². The smallest absolute Gasteiger partial charge is 0.336 e. The fourth-order valence-corrected chi connectivity index (χ4v) is 4.93. The van der Waals surface area contributed by atoms with Gasteiger partial charge in [0, 0.05) is 53.0 Å². The molecule has 4 rings (SSSR count). The molecular formula is C29H30N3O3S+. The van der Waals surface area contributed by atoms with Crippen LogP contribution in [0.2, 0.25) is 0 Å². The zero-order valence-corrected chi connectivity index (χ0v) is 21.9. The molecule has 0 atom stereocenters. The van der Waals surface area contributed by atoms with Gasteiger partial charge in [-0.15, -0.1) is 0 Å². The van der Waals surface area contributed by atoms with Crippen molar-refractivity contribution in [2.75, 3.05) is 31.1 Å². The van der Waals surface area contributed by atoms with Gasteiger partial charge >= 0.3 is 5.97 Å².